The fraction of sp³-hybridized carbons (Fsp3) is 0.625. The molecule has 0 bridgehead atoms. The van der Waals surface area contributed by atoms with E-state index in [0.717, 1.165) is 0 Å². The quantitative estimate of drug-likeness (QED) is 0.439. The number of ketones is 1. The first-order valence-corrected chi connectivity index (χ1v) is 3.88. The van der Waals surface area contributed by atoms with E-state index in [-0.39, 0.29) is 18.1 Å². The third kappa shape index (κ3) is 1.52. The van der Waals surface area contributed by atoms with E-state index in [4.69, 9.17) is 0 Å². The van der Waals surface area contributed by atoms with Gasteiger partial charge in [-0.15, -0.1) is 0 Å². The van der Waals surface area contributed by atoms with Gasteiger partial charge in [0, 0.05) is 0 Å². The molecule has 1 unspecified atom stereocenters. The Kier molecular flexibility index (Phi) is 2.26. The van der Waals surface area contributed by atoms with Crippen molar-refractivity contribution in [3.05, 3.63) is 0 Å². The Morgan fingerprint density at radius 3 is 2.33 bits per heavy atom. The normalized spacial score (nSPS) is 24.6. The number of piperidine rings is 1. The lowest BCUT2D eigenvalue weighted by atomic mass is 9.87. The van der Waals surface area contributed by atoms with Crippen LogP contribution in [0.3, 0.4) is 0 Å². The average Bonchev–Trinajstić information content (AvgIpc) is 1.82. The van der Waals surface area contributed by atoms with Crippen LogP contribution >= 0.6 is 0 Å². The van der Waals surface area contributed by atoms with E-state index in [9.17, 15) is 14.4 Å². The van der Waals surface area contributed by atoms with Gasteiger partial charge >= 0.3 is 0 Å². The van der Waals surface area contributed by atoms with Crippen molar-refractivity contribution < 1.29 is 14.4 Å². The molecule has 0 radical (unpaired) electrons. The second kappa shape index (κ2) is 3.05. The molecule has 12 heavy (non-hydrogen) atoms. The third-order valence-electron chi connectivity index (χ3n) is 1.89. The Balaban J connectivity index is 2.81. The summed E-state index contributed by atoms with van der Waals surface area (Å²) in [5.74, 6) is -1.87. The van der Waals surface area contributed by atoms with Crippen LogP contribution in [0.4, 0.5) is 0 Å². The van der Waals surface area contributed by atoms with Crippen molar-refractivity contribution in [1.82, 2.24) is 5.32 Å². The lowest BCUT2D eigenvalue weighted by molar-refractivity contribution is -0.144. The Labute approximate surface area is 70.3 Å². The van der Waals surface area contributed by atoms with Gasteiger partial charge in [0.2, 0.25) is 11.8 Å². The highest BCUT2D eigenvalue weighted by molar-refractivity contribution is 6.18. The predicted octanol–water partition coefficient (Wildman–Crippen LogP) is -0.126. The molecule has 1 rings (SSSR count). The zero-order chi connectivity index (χ0) is 9.30. The molecule has 4 heteroatoms. The van der Waals surface area contributed by atoms with Gasteiger partial charge < -0.3 is 0 Å². The van der Waals surface area contributed by atoms with Gasteiger partial charge in [0.1, 0.15) is 0 Å². The highest BCUT2D eigenvalue weighted by Crippen LogP contribution is 2.17. The standard InChI is InChI=1S/C8H11NO3/c1-4(2)7-5(10)3-6(11)9-8(7)12/h4,7H,3H2,1-2H3,(H,9,11,12). The summed E-state index contributed by atoms with van der Waals surface area (Å²) < 4.78 is 0. The van der Waals surface area contributed by atoms with Gasteiger partial charge in [0.15, 0.2) is 5.78 Å². The molecule has 1 aliphatic heterocycles. The summed E-state index contributed by atoms with van der Waals surface area (Å²) in [6, 6.07) is 0. The first-order chi connectivity index (χ1) is 5.52. The Morgan fingerprint density at radius 1 is 1.33 bits per heavy atom. The van der Waals surface area contributed by atoms with Crippen molar-refractivity contribution in [3.63, 3.8) is 0 Å². The number of carbonyl (C=O) groups is 3. The Hall–Kier alpha value is -1.19. The van der Waals surface area contributed by atoms with Gasteiger partial charge in [0.05, 0.1) is 12.3 Å². The molecule has 1 fully saturated rings. The van der Waals surface area contributed by atoms with Crippen molar-refractivity contribution in [1.29, 1.82) is 0 Å². The molecule has 1 saturated heterocycles. The van der Waals surface area contributed by atoms with E-state index in [1.807, 2.05) is 0 Å². The number of rotatable bonds is 1. The predicted molar refractivity (Wildman–Crippen MR) is 41.1 cm³/mol. The van der Waals surface area contributed by atoms with Crippen molar-refractivity contribution in [2.75, 3.05) is 0 Å². The molecule has 0 aliphatic carbocycles. The minimum atomic E-state index is -0.636. The number of amides is 2. The van der Waals surface area contributed by atoms with E-state index < -0.39 is 17.7 Å². The number of hydrogen-bond donors (Lipinski definition) is 1. The molecule has 1 atom stereocenters. The number of imide groups is 1. The molecule has 1 heterocycles. The molecular weight excluding hydrogens is 158 g/mol. The van der Waals surface area contributed by atoms with Crippen molar-refractivity contribution in [3.8, 4) is 0 Å². The van der Waals surface area contributed by atoms with Gasteiger partial charge in [-0.1, -0.05) is 13.8 Å². The van der Waals surface area contributed by atoms with Crippen LogP contribution in [0.5, 0.6) is 0 Å². The highest BCUT2D eigenvalue weighted by Gasteiger charge is 2.35. The van der Waals surface area contributed by atoms with E-state index in [1.54, 1.807) is 13.8 Å². The van der Waals surface area contributed by atoms with Crippen LogP contribution in [-0.4, -0.2) is 17.6 Å². The minimum Gasteiger partial charge on any atom is -0.298 e. The van der Waals surface area contributed by atoms with Crippen LogP contribution < -0.4 is 5.32 Å². The fourth-order valence-corrected chi connectivity index (χ4v) is 1.35. The first kappa shape index (κ1) is 8.90. The zero-order valence-electron chi connectivity index (χ0n) is 7.09. The molecular formula is C8H11NO3. The van der Waals surface area contributed by atoms with Gasteiger partial charge in [-0.3, -0.25) is 19.7 Å². The average molecular weight is 169 g/mol. The largest absolute Gasteiger partial charge is 0.298 e. The lowest BCUT2D eigenvalue weighted by Crippen LogP contribution is -2.48. The van der Waals surface area contributed by atoms with Crippen LogP contribution in [0, 0.1) is 11.8 Å². The molecule has 1 N–H and O–H groups in total. The Morgan fingerprint density at radius 2 is 1.92 bits per heavy atom. The van der Waals surface area contributed by atoms with Crippen LogP contribution in [0.15, 0.2) is 0 Å². The lowest BCUT2D eigenvalue weighted by Gasteiger charge is -2.22. The molecule has 2 amide bonds. The summed E-state index contributed by atoms with van der Waals surface area (Å²) >= 11 is 0. The molecule has 0 spiro atoms. The molecule has 0 saturated carbocycles. The van der Waals surface area contributed by atoms with E-state index in [0.29, 0.717) is 0 Å². The van der Waals surface area contributed by atoms with E-state index in [2.05, 4.69) is 5.32 Å². The van der Waals surface area contributed by atoms with Gasteiger partial charge in [0.25, 0.3) is 0 Å². The summed E-state index contributed by atoms with van der Waals surface area (Å²) in [6.45, 7) is 3.58. The smallest absolute Gasteiger partial charge is 0.237 e. The molecule has 0 aromatic carbocycles. The van der Waals surface area contributed by atoms with Crippen molar-refractivity contribution >= 4 is 17.6 Å². The van der Waals surface area contributed by atoms with Crippen molar-refractivity contribution in [2.45, 2.75) is 20.3 Å². The highest BCUT2D eigenvalue weighted by atomic mass is 16.2. The Bertz CT molecular complexity index is 225. The number of Topliss-reactive ketones (excluding diaryl/α,β-unsaturated/α-hetero) is 1. The summed E-state index contributed by atoms with van der Waals surface area (Å²) in [5, 5.41) is 2.14. The summed E-state index contributed by atoms with van der Waals surface area (Å²) in [4.78, 5) is 33.0. The molecule has 0 aromatic rings. The van der Waals surface area contributed by atoms with E-state index >= 15 is 0 Å². The minimum absolute atomic E-state index is 0.0365. The summed E-state index contributed by atoms with van der Waals surface area (Å²) in [5.41, 5.74) is 0. The number of carbonyl (C=O) groups excluding carboxylic acids is 3. The summed E-state index contributed by atoms with van der Waals surface area (Å²) in [7, 11) is 0. The first-order valence-electron chi connectivity index (χ1n) is 3.88. The maximum Gasteiger partial charge on any atom is 0.237 e. The van der Waals surface area contributed by atoms with Gasteiger partial charge in [-0.2, -0.15) is 0 Å². The molecule has 0 aromatic heterocycles. The van der Waals surface area contributed by atoms with Crippen molar-refractivity contribution in [2.24, 2.45) is 11.8 Å². The maximum absolute atomic E-state index is 11.2. The topological polar surface area (TPSA) is 63.2 Å². The monoisotopic (exact) mass is 169 g/mol. The van der Waals surface area contributed by atoms with Crippen LogP contribution in [0.2, 0.25) is 0 Å². The summed E-state index contributed by atoms with van der Waals surface area (Å²) in [6.07, 6.45) is -0.158. The fourth-order valence-electron chi connectivity index (χ4n) is 1.35. The zero-order valence-corrected chi connectivity index (χ0v) is 7.09. The SMILES string of the molecule is CC(C)C1C(=O)CC(=O)NC1=O. The molecule has 1 aliphatic rings. The number of hydrogen-bond acceptors (Lipinski definition) is 3. The maximum atomic E-state index is 11.2. The second-order valence-electron chi connectivity index (χ2n) is 3.28. The van der Waals surface area contributed by atoms with Gasteiger partial charge in [-0.05, 0) is 5.92 Å². The number of nitrogens with one attached hydrogen (secondary N) is 1. The van der Waals surface area contributed by atoms with Gasteiger partial charge in [-0.25, -0.2) is 0 Å². The van der Waals surface area contributed by atoms with Crippen LogP contribution in [0.1, 0.15) is 20.3 Å². The third-order valence-corrected chi connectivity index (χ3v) is 1.89. The van der Waals surface area contributed by atoms with Crippen LogP contribution in [0.25, 0.3) is 0 Å². The van der Waals surface area contributed by atoms with E-state index in [1.165, 1.54) is 0 Å². The van der Waals surface area contributed by atoms with Crippen LogP contribution in [-0.2, 0) is 14.4 Å². The second-order valence-corrected chi connectivity index (χ2v) is 3.28. The molecule has 66 valence electrons. The molecule has 4 nitrogen and oxygen atoms in total.